The zero-order chi connectivity index (χ0) is 17.6. The number of para-hydroxylation sites is 1. The Hall–Kier alpha value is -2.55. The molecule has 1 aromatic carbocycles. The summed E-state index contributed by atoms with van der Waals surface area (Å²) in [6.45, 7) is 3.12. The van der Waals surface area contributed by atoms with Crippen molar-refractivity contribution in [3.8, 4) is 11.8 Å². The summed E-state index contributed by atoms with van der Waals surface area (Å²) in [5.74, 6) is -0.433. The normalized spacial score (nSPS) is 15.4. The number of hydrogen-bond acceptors (Lipinski definition) is 5. The number of hydrogen-bond donors (Lipinski definition) is 1. The summed E-state index contributed by atoms with van der Waals surface area (Å²) >= 11 is 0. The maximum Gasteiger partial charge on any atom is 0.344 e. The Kier molecular flexibility index (Phi) is 5.80. The first kappa shape index (κ1) is 17.8. The number of amides is 1. The minimum Gasteiger partial charge on any atom is -0.481 e. The van der Waals surface area contributed by atoms with Crippen LogP contribution in [0.5, 0.6) is 5.75 Å². The predicted molar refractivity (Wildman–Crippen MR) is 87.3 cm³/mol. The first-order chi connectivity index (χ1) is 11.5. The first-order valence-corrected chi connectivity index (χ1v) is 8.03. The van der Waals surface area contributed by atoms with Gasteiger partial charge in [-0.2, -0.15) is 5.26 Å². The van der Waals surface area contributed by atoms with Crippen LogP contribution in [0.25, 0.3) is 0 Å². The van der Waals surface area contributed by atoms with Crippen molar-refractivity contribution >= 4 is 11.9 Å². The number of carbonyl (C=O) groups is 2. The molecule has 1 aliphatic rings. The second-order valence-corrected chi connectivity index (χ2v) is 6.12. The molecular formula is C18H22N2O4. The van der Waals surface area contributed by atoms with Crippen LogP contribution in [-0.4, -0.2) is 30.6 Å². The fourth-order valence-corrected chi connectivity index (χ4v) is 2.89. The number of carbonyl (C=O) groups excluding carboxylic acids is 2. The van der Waals surface area contributed by atoms with E-state index in [1.165, 1.54) is 0 Å². The van der Waals surface area contributed by atoms with Crippen molar-refractivity contribution in [2.75, 3.05) is 13.2 Å². The number of nitrogens with one attached hydrogen (secondary N) is 1. The zero-order valence-corrected chi connectivity index (χ0v) is 14.1. The highest BCUT2D eigenvalue weighted by Crippen LogP contribution is 2.28. The van der Waals surface area contributed by atoms with E-state index in [-0.39, 0.29) is 6.61 Å². The van der Waals surface area contributed by atoms with Crippen molar-refractivity contribution in [2.45, 2.75) is 45.1 Å². The van der Waals surface area contributed by atoms with Gasteiger partial charge in [0.15, 0.2) is 13.2 Å². The lowest BCUT2D eigenvalue weighted by Gasteiger charge is -2.21. The third-order valence-corrected chi connectivity index (χ3v) is 4.16. The van der Waals surface area contributed by atoms with Crippen molar-refractivity contribution in [2.24, 2.45) is 0 Å². The second-order valence-electron chi connectivity index (χ2n) is 6.12. The Morgan fingerprint density at radius 1 is 1.21 bits per heavy atom. The van der Waals surface area contributed by atoms with Crippen LogP contribution in [0, 0.1) is 25.2 Å². The average molecular weight is 330 g/mol. The average Bonchev–Trinajstić information content (AvgIpc) is 3.01. The molecule has 0 aliphatic heterocycles. The fraction of sp³-hybridized carbons (Fsp3) is 0.500. The van der Waals surface area contributed by atoms with Crippen LogP contribution in [-0.2, 0) is 14.3 Å². The van der Waals surface area contributed by atoms with Gasteiger partial charge < -0.3 is 14.8 Å². The SMILES string of the molecule is Cc1cccc(C)c1OCC(=O)OCC(=O)NC1(C#N)CCCC1. The van der Waals surface area contributed by atoms with Gasteiger partial charge in [0.25, 0.3) is 5.91 Å². The summed E-state index contributed by atoms with van der Waals surface area (Å²) < 4.78 is 10.4. The number of aryl methyl sites for hydroxylation is 2. The Bertz CT molecular complexity index is 637. The monoisotopic (exact) mass is 330 g/mol. The molecule has 0 saturated heterocycles. The summed E-state index contributed by atoms with van der Waals surface area (Å²) in [6, 6.07) is 7.85. The molecule has 0 unspecified atom stereocenters. The fourth-order valence-electron chi connectivity index (χ4n) is 2.89. The van der Waals surface area contributed by atoms with Gasteiger partial charge in [0, 0.05) is 0 Å². The number of nitriles is 1. The van der Waals surface area contributed by atoms with Gasteiger partial charge in [0.05, 0.1) is 6.07 Å². The maximum atomic E-state index is 11.9. The van der Waals surface area contributed by atoms with E-state index >= 15 is 0 Å². The second kappa shape index (κ2) is 7.82. The van der Waals surface area contributed by atoms with Crippen LogP contribution in [0.4, 0.5) is 0 Å². The third kappa shape index (κ3) is 4.48. The van der Waals surface area contributed by atoms with Crippen molar-refractivity contribution in [1.29, 1.82) is 5.26 Å². The minimum atomic E-state index is -0.807. The molecule has 0 aromatic heterocycles. The Labute approximate surface area is 141 Å². The van der Waals surface area contributed by atoms with Crippen molar-refractivity contribution in [3.05, 3.63) is 29.3 Å². The van der Waals surface area contributed by atoms with Gasteiger partial charge >= 0.3 is 5.97 Å². The Balaban J connectivity index is 1.77. The summed E-state index contributed by atoms with van der Waals surface area (Å²) in [7, 11) is 0. The van der Waals surface area contributed by atoms with E-state index in [1.807, 2.05) is 32.0 Å². The standard InChI is InChI=1S/C18H22N2O4/c1-13-6-5-7-14(2)17(13)24-11-16(22)23-10-15(21)20-18(12-19)8-3-4-9-18/h5-7H,3-4,8-11H2,1-2H3,(H,20,21). The molecule has 1 amide bonds. The van der Waals surface area contributed by atoms with Crippen LogP contribution < -0.4 is 10.1 Å². The van der Waals surface area contributed by atoms with Crippen LogP contribution in [0.15, 0.2) is 18.2 Å². The van der Waals surface area contributed by atoms with Crippen molar-refractivity contribution < 1.29 is 19.1 Å². The molecule has 1 fully saturated rings. The Morgan fingerprint density at radius 3 is 2.42 bits per heavy atom. The largest absolute Gasteiger partial charge is 0.481 e. The first-order valence-electron chi connectivity index (χ1n) is 8.03. The molecule has 128 valence electrons. The molecule has 0 bridgehead atoms. The molecule has 1 aromatic rings. The summed E-state index contributed by atoms with van der Waals surface area (Å²) in [4.78, 5) is 23.6. The molecule has 1 N–H and O–H groups in total. The van der Waals surface area contributed by atoms with E-state index in [4.69, 9.17) is 9.47 Å². The van der Waals surface area contributed by atoms with E-state index in [1.54, 1.807) is 0 Å². The van der Waals surface area contributed by atoms with Crippen LogP contribution >= 0.6 is 0 Å². The Morgan fingerprint density at radius 2 is 1.83 bits per heavy atom. The number of nitrogens with zero attached hydrogens (tertiary/aromatic N) is 1. The quantitative estimate of drug-likeness (QED) is 0.808. The molecule has 2 rings (SSSR count). The van der Waals surface area contributed by atoms with Gasteiger partial charge in [-0.05, 0) is 50.7 Å². The topological polar surface area (TPSA) is 88.4 Å². The lowest BCUT2D eigenvalue weighted by Crippen LogP contribution is -2.46. The van der Waals surface area contributed by atoms with Gasteiger partial charge in [-0.3, -0.25) is 4.79 Å². The molecular weight excluding hydrogens is 308 g/mol. The molecule has 0 spiro atoms. The summed E-state index contributed by atoms with van der Waals surface area (Å²) in [5, 5.41) is 11.9. The molecule has 24 heavy (non-hydrogen) atoms. The number of benzene rings is 1. The van der Waals surface area contributed by atoms with E-state index < -0.39 is 24.0 Å². The predicted octanol–water partition coefficient (Wildman–Crippen LogP) is 2.18. The number of rotatable bonds is 6. The molecule has 1 aliphatic carbocycles. The van der Waals surface area contributed by atoms with Crippen LogP contribution in [0.3, 0.4) is 0 Å². The summed E-state index contributed by atoms with van der Waals surface area (Å²) in [5.41, 5.74) is 1.05. The van der Waals surface area contributed by atoms with Crippen molar-refractivity contribution in [3.63, 3.8) is 0 Å². The van der Waals surface area contributed by atoms with Gasteiger partial charge in [0.1, 0.15) is 11.3 Å². The molecule has 0 heterocycles. The molecule has 1 saturated carbocycles. The molecule has 0 atom stereocenters. The smallest absolute Gasteiger partial charge is 0.344 e. The van der Waals surface area contributed by atoms with Gasteiger partial charge in [-0.25, -0.2) is 4.79 Å². The number of esters is 1. The highest BCUT2D eigenvalue weighted by atomic mass is 16.6. The molecule has 6 heteroatoms. The van der Waals surface area contributed by atoms with E-state index in [0.29, 0.717) is 18.6 Å². The minimum absolute atomic E-state index is 0.262. The highest BCUT2D eigenvalue weighted by Gasteiger charge is 2.35. The van der Waals surface area contributed by atoms with E-state index in [9.17, 15) is 14.9 Å². The van der Waals surface area contributed by atoms with Crippen molar-refractivity contribution in [1.82, 2.24) is 5.32 Å². The van der Waals surface area contributed by atoms with E-state index in [0.717, 1.165) is 24.0 Å². The third-order valence-electron chi connectivity index (χ3n) is 4.16. The lowest BCUT2D eigenvalue weighted by molar-refractivity contribution is -0.150. The lowest BCUT2D eigenvalue weighted by atomic mass is 10.00. The molecule has 0 radical (unpaired) electrons. The van der Waals surface area contributed by atoms with Gasteiger partial charge in [-0.15, -0.1) is 0 Å². The van der Waals surface area contributed by atoms with Crippen LogP contribution in [0.2, 0.25) is 0 Å². The summed E-state index contributed by atoms with van der Waals surface area (Å²) in [6.07, 6.45) is 3.10. The van der Waals surface area contributed by atoms with Crippen LogP contribution in [0.1, 0.15) is 36.8 Å². The highest BCUT2D eigenvalue weighted by molar-refractivity contribution is 5.81. The molecule has 6 nitrogen and oxygen atoms in total. The zero-order valence-electron chi connectivity index (χ0n) is 14.1. The van der Waals surface area contributed by atoms with Gasteiger partial charge in [-0.1, -0.05) is 18.2 Å². The van der Waals surface area contributed by atoms with E-state index in [2.05, 4.69) is 11.4 Å². The maximum absolute atomic E-state index is 11.9. The van der Waals surface area contributed by atoms with Gasteiger partial charge in [0.2, 0.25) is 0 Å². The number of ether oxygens (including phenoxy) is 2.